The Morgan fingerprint density at radius 1 is 1.37 bits per heavy atom. The number of carboxylic acid groups (broad SMARTS) is 1. The summed E-state index contributed by atoms with van der Waals surface area (Å²) in [6.07, 6.45) is 3.98. The lowest BCUT2D eigenvalue weighted by Crippen LogP contribution is -2.25. The van der Waals surface area contributed by atoms with Crippen molar-refractivity contribution in [2.45, 2.75) is 19.9 Å². The number of hydrogen-bond acceptors (Lipinski definition) is 2. The van der Waals surface area contributed by atoms with Gasteiger partial charge in [0.05, 0.1) is 5.52 Å². The summed E-state index contributed by atoms with van der Waals surface area (Å²) < 4.78 is 1.93. The zero-order chi connectivity index (χ0) is 13.7. The van der Waals surface area contributed by atoms with E-state index in [0.717, 1.165) is 11.1 Å². The first-order valence-corrected chi connectivity index (χ1v) is 6.11. The number of nitrogens with zero attached hydrogens (tertiary/aromatic N) is 1. The van der Waals surface area contributed by atoms with Gasteiger partial charge in [-0.3, -0.25) is 4.79 Å². The highest BCUT2D eigenvalue weighted by atomic mass is 16.4. The predicted molar refractivity (Wildman–Crippen MR) is 73.6 cm³/mol. The van der Waals surface area contributed by atoms with Gasteiger partial charge in [-0.25, -0.2) is 4.79 Å². The highest BCUT2D eigenvalue weighted by Gasteiger charge is 2.23. The van der Waals surface area contributed by atoms with E-state index in [1.54, 1.807) is 19.1 Å². The summed E-state index contributed by atoms with van der Waals surface area (Å²) >= 11 is 0. The molecule has 19 heavy (non-hydrogen) atoms. The first kappa shape index (κ1) is 11.7. The molecule has 3 rings (SSSR count). The molecule has 96 valence electrons. The van der Waals surface area contributed by atoms with Crippen LogP contribution in [-0.2, 0) is 0 Å². The minimum atomic E-state index is -1.17. The van der Waals surface area contributed by atoms with Crippen molar-refractivity contribution in [1.82, 2.24) is 4.57 Å². The number of allylic oxidation sites excluding steroid dienone is 1. The number of carboxylic acids is 1. The van der Waals surface area contributed by atoms with Crippen molar-refractivity contribution in [3.63, 3.8) is 0 Å². The van der Waals surface area contributed by atoms with E-state index in [9.17, 15) is 14.7 Å². The number of aromatic carboxylic acids is 1. The second kappa shape index (κ2) is 3.82. The molecule has 0 aliphatic carbocycles. The van der Waals surface area contributed by atoms with E-state index in [2.05, 4.69) is 0 Å². The average Bonchev–Trinajstić information content (AvgIpc) is 2.36. The molecular formula is C15H13NO3. The SMILES string of the molecule is Cc1c(C(=O)O)c(=O)c2cccc3c2n1C(C)C=C3. The van der Waals surface area contributed by atoms with Crippen molar-refractivity contribution in [2.24, 2.45) is 0 Å². The Bertz CT molecular complexity index is 799. The monoisotopic (exact) mass is 255 g/mol. The second-order valence-electron chi connectivity index (χ2n) is 4.81. The Morgan fingerprint density at radius 3 is 2.79 bits per heavy atom. The van der Waals surface area contributed by atoms with Gasteiger partial charge in [0.1, 0.15) is 5.56 Å². The second-order valence-corrected chi connectivity index (χ2v) is 4.81. The fraction of sp³-hybridized carbons (Fsp3) is 0.200. The van der Waals surface area contributed by atoms with Crippen molar-refractivity contribution in [3.05, 3.63) is 51.3 Å². The molecule has 0 amide bonds. The third-order valence-corrected chi connectivity index (χ3v) is 3.68. The van der Waals surface area contributed by atoms with E-state index in [1.165, 1.54) is 0 Å². The maximum Gasteiger partial charge on any atom is 0.341 e. The van der Waals surface area contributed by atoms with Crippen molar-refractivity contribution in [1.29, 1.82) is 0 Å². The number of para-hydroxylation sites is 1. The van der Waals surface area contributed by atoms with Crippen LogP contribution in [0.1, 0.15) is 34.6 Å². The molecule has 0 fully saturated rings. The van der Waals surface area contributed by atoms with Gasteiger partial charge in [-0.15, -0.1) is 0 Å². The molecule has 2 heterocycles. The summed E-state index contributed by atoms with van der Waals surface area (Å²) in [7, 11) is 0. The maximum absolute atomic E-state index is 12.3. The fourth-order valence-electron chi connectivity index (χ4n) is 2.83. The number of pyridine rings is 1. The van der Waals surface area contributed by atoms with Gasteiger partial charge in [-0.1, -0.05) is 24.3 Å². The van der Waals surface area contributed by atoms with Crippen LogP contribution in [0.25, 0.3) is 17.0 Å². The summed E-state index contributed by atoms with van der Waals surface area (Å²) in [5.41, 5.74) is 1.75. The lowest BCUT2D eigenvalue weighted by molar-refractivity contribution is 0.0694. The van der Waals surface area contributed by atoms with Crippen molar-refractivity contribution < 1.29 is 9.90 Å². The Morgan fingerprint density at radius 2 is 2.11 bits per heavy atom. The Kier molecular flexibility index (Phi) is 2.35. The molecule has 1 aromatic carbocycles. The topological polar surface area (TPSA) is 59.3 Å². The Labute approximate surface area is 109 Å². The fourth-order valence-corrected chi connectivity index (χ4v) is 2.83. The van der Waals surface area contributed by atoms with Crippen LogP contribution >= 0.6 is 0 Å². The molecule has 1 N–H and O–H groups in total. The average molecular weight is 255 g/mol. The molecule has 2 aromatic rings. The van der Waals surface area contributed by atoms with Crippen LogP contribution in [0.5, 0.6) is 0 Å². The van der Waals surface area contributed by atoms with E-state index >= 15 is 0 Å². The summed E-state index contributed by atoms with van der Waals surface area (Å²) in [5, 5.41) is 9.74. The zero-order valence-electron chi connectivity index (χ0n) is 10.7. The minimum Gasteiger partial charge on any atom is -0.477 e. The standard InChI is InChI=1S/C15H13NO3/c1-8-6-7-10-4-3-5-11-13(10)16(8)9(2)12(14(11)17)15(18)19/h3-8H,1-2H3,(H,18,19). The molecule has 0 saturated heterocycles. The molecule has 1 atom stereocenters. The van der Waals surface area contributed by atoms with Crippen LogP contribution in [0.2, 0.25) is 0 Å². The summed E-state index contributed by atoms with van der Waals surface area (Å²) in [6, 6.07) is 5.44. The van der Waals surface area contributed by atoms with Gasteiger partial charge in [0.25, 0.3) is 0 Å². The van der Waals surface area contributed by atoms with E-state index < -0.39 is 11.4 Å². The van der Waals surface area contributed by atoms with E-state index in [0.29, 0.717) is 11.1 Å². The van der Waals surface area contributed by atoms with Crippen molar-refractivity contribution in [3.8, 4) is 0 Å². The molecule has 1 aromatic heterocycles. The van der Waals surface area contributed by atoms with Crippen LogP contribution in [0.15, 0.2) is 29.1 Å². The molecule has 0 spiro atoms. The summed E-state index contributed by atoms with van der Waals surface area (Å²) in [5.74, 6) is -1.17. The maximum atomic E-state index is 12.3. The lowest BCUT2D eigenvalue weighted by atomic mass is 9.99. The van der Waals surface area contributed by atoms with Gasteiger partial charge in [-0.2, -0.15) is 0 Å². The number of carbonyl (C=O) groups is 1. The molecule has 1 aliphatic heterocycles. The van der Waals surface area contributed by atoms with Crippen LogP contribution in [0, 0.1) is 6.92 Å². The van der Waals surface area contributed by atoms with Gasteiger partial charge < -0.3 is 9.67 Å². The molecule has 0 saturated carbocycles. The molecular weight excluding hydrogens is 242 g/mol. The van der Waals surface area contributed by atoms with Gasteiger partial charge >= 0.3 is 5.97 Å². The number of rotatable bonds is 1. The number of hydrogen-bond donors (Lipinski definition) is 1. The Hall–Kier alpha value is -2.36. The summed E-state index contributed by atoms with van der Waals surface area (Å²) in [4.78, 5) is 23.7. The predicted octanol–water partition coefficient (Wildman–Crippen LogP) is 2.60. The Balaban J connectivity index is 2.62. The highest BCUT2D eigenvalue weighted by Crippen LogP contribution is 2.29. The third-order valence-electron chi connectivity index (χ3n) is 3.68. The molecule has 1 aliphatic rings. The van der Waals surface area contributed by atoms with E-state index in [1.807, 2.05) is 29.7 Å². The smallest absolute Gasteiger partial charge is 0.341 e. The van der Waals surface area contributed by atoms with E-state index in [-0.39, 0.29) is 11.6 Å². The van der Waals surface area contributed by atoms with Gasteiger partial charge in [-0.05, 0) is 25.5 Å². The van der Waals surface area contributed by atoms with Crippen molar-refractivity contribution >= 4 is 22.9 Å². The normalized spacial score (nSPS) is 16.8. The molecule has 1 unspecified atom stereocenters. The van der Waals surface area contributed by atoms with Crippen LogP contribution < -0.4 is 5.43 Å². The van der Waals surface area contributed by atoms with Crippen LogP contribution in [0.4, 0.5) is 0 Å². The van der Waals surface area contributed by atoms with Gasteiger partial charge in [0, 0.05) is 17.1 Å². The quantitative estimate of drug-likeness (QED) is 0.852. The summed E-state index contributed by atoms with van der Waals surface area (Å²) in [6.45, 7) is 3.67. The molecule has 4 nitrogen and oxygen atoms in total. The first-order chi connectivity index (χ1) is 9.02. The lowest BCUT2D eigenvalue weighted by Gasteiger charge is -2.25. The molecule has 4 heteroatoms. The number of aromatic nitrogens is 1. The van der Waals surface area contributed by atoms with E-state index in [4.69, 9.17) is 0 Å². The largest absolute Gasteiger partial charge is 0.477 e. The van der Waals surface area contributed by atoms with Crippen molar-refractivity contribution in [2.75, 3.05) is 0 Å². The van der Waals surface area contributed by atoms with Crippen LogP contribution in [-0.4, -0.2) is 15.6 Å². The van der Waals surface area contributed by atoms with Gasteiger partial charge in [0.2, 0.25) is 5.43 Å². The highest BCUT2D eigenvalue weighted by molar-refractivity contribution is 5.97. The van der Waals surface area contributed by atoms with Gasteiger partial charge in [0.15, 0.2) is 0 Å². The zero-order valence-corrected chi connectivity index (χ0v) is 10.7. The van der Waals surface area contributed by atoms with Crippen LogP contribution in [0.3, 0.4) is 0 Å². The number of benzene rings is 1. The minimum absolute atomic E-state index is 0.0381. The molecule has 0 radical (unpaired) electrons. The first-order valence-electron chi connectivity index (χ1n) is 6.11. The third kappa shape index (κ3) is 1.46. The molecule has 0 bridgehead atoms.